The Morgan fingerprint density at radius 3 is 2.71 bits per heavy atom. The number of piperidine rings is 1. The first-order valence-corrected chi connectivity index (χ1v) is 11.1. The lowest BCUT2D eigenvalue weighted by Crippen LogP contribution is -2.43. The van der Waals surface area contributed by atoms with E-state index in [1.165, 1.54) is 6.07 Å². The molecular weight excluding hydrogens is 399 g/mol. The third-order valence-electron chi connectivity index (χ3n) is 7.16. The highest BCUT2D eigenvalue weighted by Crippen LogP contribution is 2.45. The Balaban J connectivity index is 1.35. The molecule has 3 aliphatic rings. The van der Waals surface area contributed by atoms with Gasteiger partial charge in [0.05, 0.1) is 26.0 Å². The summed E-state index contributed by atoms with van der Waals surface area (Å²) in [5, 5.41) is 0. The molecule has 0 atom stereocenters. The van der Waals surface area contributed by atoms with Crippen molar-refractivity contribution in [2.45, 2.75) is 37.6 Å². The Morgan fingerprint density at radius 2 is 1.97 bits per heavy atom. The molecule has 0 radical (unpaired) electrons. The molecular formula is C23H29FN4O3. The summed E-state index contributed by atoms with van der Waals surface area (Å²) >= 11 is 0. The van der Waals surface area contributed by atoms with Gasteiger partial charge in [0.2, 0.25) is 5.95 Å². The summed E-state index contributed by atoms with van der Waals surface area (Å²) in [6.07, 6.45) is 3.59. The number of hydrogen-bond donors (Lipinski definition) is 1. The second-order valence-corrected chi connectivity index (χ2v) is 8.79. The van der Waals surface area contributed by atoms with Gasteiger partial charge in [-0.3, -0.25) is 14.7 Å². The van der Waals surface area contributed by atoms with E-state index in [0.717, 1.165) is 63.1 Å². The van der Waals surface area contributed by atoms with E-state index in [0.29, 0.717) is 37.0 Å². The predicted octanol–water partition coefficient (Wildman–Crippen LogP) is 2.23. The first-order valence-electron chi connectivity index (χ1n) is 11.1. The van der Waals surface area contributed by atoms with Gasteiger partial charge in [0.15, 0.2) is 0 Å². The summed E-state index contributed by atoms with van der Waals surface area (Å²) in [5.41, 5.74) is 2.39. The lowest BCUT2D eigenvalue weighted by molar-refractivity contribution is 0.121. The number of nitrogens with zero attached hydrogens (tertiary/aromatic N) is 3. The molecule has 5 rings (SSSR count). The van der Waals surface area contributed by atoms with Crippen LogP contribution in [0.3, 0.4) is 0 Å². The molecule has 1 spiro atoms. The van der Waals surface area contributed by atoms with E-state index in [-0.39, 0.29) is 16.8 Å². The first-order chi connectivity index (χ1) is 15.1. The number of fused-ring (bicyclic) bond motifs is 2. The van der Waals surface area contributed by atoms with Gasteiger partial charge < -0.3 is 14.4 Å². The van der Waals surface area contributed by atoms with E-state index in [1.807, 2.05) is 0 Å². The van der Waals surface area contributed by atoms with Gasteiger partial charge in [-0.15, -0.1) is 0 Å². The van der Waals surface area contributed by atoms with E-state index in [9.17, 15) is 9.18 Å². The number of rotatable bonds is 4. The molecule has 2 aromatic rings. The van der Waals surface area contributed by atoms with Gasteiger partial charge in [-0.05, 0) is 50.9 Å². The maximum absolute atomic E-state index is 14.4. The third kappa shape index (κ3) is 3.72. The molecule has 8 heteroatoms. The van der Waals surface area contributed by atoms with Crippen LogP contribution in [0.25, 0.3) is 0 Å². The number of aromatic amines is 1. The van der Waals surface area contributed by atoms with Crippen LogP contribution in [-0.2, 0) is 23.1 Å². The molecule has 0 amide bonds. The van der Waals surface area contributed by atoms with Gasteiger partial charge in [-0.1, -0.05) is 6.07 Å². The lowest BCUT2D eigenvalue weighted by atomic mass is 9.76. The number of ether oxygens (including phenoxy) is 2. The Hall–Kier alpha value is -2.45. The van der Waals surface area contributed by atoms with Crippen LogP contribution >= 0.6 is 0 Å². The normalized spacial score (nSPS) is 20.8. The van der Waals surface area contributed by atoms with Crippen molar-refractivity contribution in [3.05, 3.63) is 51.2 Å². The van der Waals surface area contributed by atoms with Gasteiger partial charge in [-0.25, -0.2) is 9.37 Å². The zero-order valence-electron chi connectivity index (χ0n) is 18.0. The highest BCUT2D eigenvalue weighted by Gasteiger charge is 2.44. The van der Waals surface area contributed by atoms with Crippen molar-refractivity contribution in [1.82, 2.24) is 14.9 Å². The zero-order chi connectivity index (χ0) is 21.4. The number of likely N-dealkylation sites (tertiary alicyclic amines) is 1. The standard InChI is InChI=1S/C23H29FN4O3/c1-30-19-4-2-3-18(24)17(19)15-27-9-7-23(8-10-27)6-5-16-20(23)25-22(26-21(16)29)28-11-13-31-14-12-28/h2-4H,5-15H2,1H3,(H,25,26,29). The van der Waals surface area contributed by atoms with E-state index >= 15 is 0 Å². The van der Waals surface area contributed by atoms with Gasteiger partial charge >= 0.3 is 0 Å². The van der Waals surface area contributed by atoms with Crippen molar-refractivity contribution in [3.8, 4) is 5.75 Å². The fourth-order valence-electron chi connectivity index (χ4n) is 5.30. The summed E-state index contributed by atoms with van der Waals surface area (Å²) in [6.45, 7) is 5.01. The van der Waals surface area contributed by atoms with Crippen molar-refractivity contribution in [3.63, 3.8) is 0 Å². The van der Waals surface area contributed by atoms with E-state index in [4.69, 9.17) is 14.5 Å². The van der Waals surface area contributed by atoms with Crippen molar-refractivity contribution in [1.29, 1.82) is 0 Å². The van der Waals surface area contributed by atoms with Gasteiger partial charge in [-0.2, -0.15) is 0 Å². The van der Waals surface area contributed by atoms with Crippen LogP contribution in [-0.4, -0.2) is 61.4 Å². The van der Waals surface area contributed by atoms with Gasteiger partial charge in [0.25, 0.3) is 5.56 Å². The Labute approximate surface area is 181 Å². The fraction of sp³-hybridized carbons (Fsp3) is 0.565. The molecule has 0 saturated carbocycles. The van der Waals surface area contributed by atoms with Crippen LogP contribution in [0.4, 0.5) is 10.3 Å². The second-order valence-electron chi connectivity index (χ2n) is 8.79. The average Bonchev–Trinajstić information content (AvgIpc) is 3.16. The minimum absolute atomic E-state index is 0.00175. The molecule has 2 fully saturated rings. The minimum atomic E-state index is -0.228. The van der Waals surface area contributed by atoms with Gasteiger partial charge in [0, 0.05) is 36.2 Å². The quantitative estimate of drug-likeness (QED) is 0.806. The predicted molar refractivity (Wildman–Crippen MR) is 115 cm³/mol. The summed E-state index contributed by atoms with van der Waals surface area (Å²) in [7, 11) is 1.58. The molecule has 2 saturated heterocycles. The molecule has 2 aliphatic heterocycles. The summed E-state index contributed by atoms with van der Waals surface area (Å²) in [5.74, 6) is 1.04. The average molecular weight is 429 g/mol. The van der Waals surface area contributed by atoms with E-state index < -0.39 is 0 Å². The minimum Gasteiger partial charge on any atom is -0.496 e. The number of hydrogen-bond acceptors (Lipinski definition) is 6. The van der Waals surface area contributed by atoms with Crippen LogP contribution in [0.15, 0.2) is 23.0 Å². The number of nitrogens with one attached hydrogen (secondary N) is 1. The zero-order valence-corrected chi connectivity index (χ0v) is 18.0. The number of benzene rings is 1. The molecule has 1 N–H and O–H groups in total. The molecule has 166 valence electrons. The van der Waals surface area contributed by atoms with E-state index in [1.54, 1.807) is 19.2 Å². The first kappa shape index (κ1) is 20.5. The lowest BCUT2D eigenvalue weighted by Gasteiger charge is -2.40. The molecule has 0 bridgehead atoms. The smallest absolute Gasteiger partial charge is 0.255 e. The number of H-pyrrole nitrogens is 1. The maximum Gasteiger partial charge on any atom is 0.255 e. The van der Waals surface area contributed by atoms with Crippen molar-refractivity contribution in [2.75, 3.05) is 51.4 Å². The fourth-order valence-corrected chi connectivity index (χ4v) is 5.30. The summed E-state index contributed by atoms with van der Waals surface area (Å²) < 4.78 is 25.2. The molecule has 1 aromatic carbocycles. The molecule has 3 heterocycles. The number of methoxy groups -OCH3 is 1. The molecule has 1 aromatic heterocycles. The summed E-state index contributed by atoms with van der Waals surface area (Å²) in [6, 6.07) is 4.97. The molecule has 1 aliphatic carbocycles. The number of morpholine rings is 1. The van der Waals surface area contributed by atoms with Crippen LogP contribution in [0.5, 0.6) is 5.75 Å². The maximum atomic E-state index is 14.4. The topological polar surface area (TPSA) is 70.7 Å². The summed E-state index contributed by atoms with van der Waals surface area (Å²) in [4.78, 5) is 25.2. The number of anilines is 1. The highest BCUT2D eigenvalue weighted by molar-refractivity contribution is 5.40. The number of aromatic nitrogens is 2. The van der Waals surface area contributed by atoms with Crippen LogP contribution < -0.4 is 15.2 Å². The van der Waals surface area contributed by atoms with Crippen molar-refractivity contribution in [2.24, 2.45) is 0 Å². The molecule has 7 nitrogen and oxygen atoms in total. The van der Waals surface area contributed by atoms with Gasteiger partial charge in [0.1, 0.15) is 11.6 Å². The SMILES string of the molecule is COc1cccc(F)c1CN1CCC2(CCc3c2nc(N2CCOCC2)[nH]c3=O)CC1. The molecule has 0 unspecified atom stereocenters. The highest BCUT2D eigenvalue weighted by atomic mass is 19.1. The van der Waals surface area contributed by atoms with Crippen LogP contribution in [0.2, 0.25) is 0 Å². The van der Waals surface area contributed by atoms with Crippen LogP contribution in [0.1, 0.15) is 36.1 Å². The monoisotopic (exact) mass is 428 g/mol. The van der Waals surface area contributed by atoms with Crippen LogP contribution in [0, 0.1) is 5.82 Å². The largest absolute Gasteiger partial charge is 0.496 e. The van der Waals surface area contributed by atoms with Crippen molar-refractivity contribution < 1.29 is 13.9 Å². The number of halogens is 1. The Bertz CT molecular complexity index is 1010. The Morgan fingerprint density at radius 1 is 1.19 bits per heavy atom. The third-order valence-corrected chi connectivity index (χ3v) is 7.16. The van der Waals surface area contributed by atoms with Crippen molar-refractivity contribution >= 4 is 5.95 Å². The molecule has 31 heavy (non-hydrogen) atoms. The second kappa shape index (κ2) is 8.24. The van der Waals surface area contributed by atoms with E-state index in [2.05, 4.69) is 14.8 Å². The Kier molecular flexibility index (Phi) is 5.44.